The van der Waals surface area contributed by atoms with E-state index in [0.29, 0.717) is 12.3 Å². The molecule has 0 aliphatic carbocycles. The molecule has 1 saturated heterocycles. The maximum absolute atomic E-state index is 12.3. The van der Waals surface area contributed by atoms with Gasteiger partial charge in [0, 0.05) is 19.6 Å². The number of sulfonamides is 1. The van der Waals surface area contributed by atoms with Gasteiger partial charge in [0.15, 0.2) is 0 Å². The lowest BCUT2D eigenvalue weighted by Gasteiger charge is -2.29. The van der Waals surface area contributed by atoms with Gasteiger partial charge in [-0.15, -0.1) is 0 Å². The number of hydrogen-bond acceptors (Lipinski definition) is 5. The Morgan fingerprint density at radius 2 is 2.04 bits per heavy atom. The molecule has 7 heteroatoms. The number of hydrogen-bond donors (Lipinski definition) is 2. The molecule has 6 nitrogen and oxygen atoms in total. The van der Waals surface area contributed by atoms with Crippen molar-refractivity contribution in [1.29, 1.82) is 0 Å². The zero-order chi connectivity index (χ0) is 16.9. The molecule has 0 aromatic heterocycles. The Balaban J connectivity index is 1.81. The van der Waals surface area contributed by atoms with Gasteiger partial charge in [0.25, 0.3) is 0 Å². The van der Waals surface area contributed by atoms with E-state index in [9.17, 15) is 13.5 Å². The third-order valence-electron chi connectivity index (χ3n) is 4.18. The number of piperidine rings is 1. The number of rotatable bonds is 7. The summed E-state index contributed by atoms with van der Waals surface area (Å²) in [6.45, 7) is 4.84. The number of nitrogens with zero attached hydrogens (tertiary/aromatic N) is 1. The molecule has 130 valence electrons. The lowest BCUT2D eigenvalue weighted by atomic mass is 10.1. The molecular formula is C16H26N2O4S. The zero-order valence-electron chi connectivity index (χ0n) is 13.8. The highest BCUT2D eigenvalue weighted by atomic mass is 32.2. The van der Waals surface area contributed by atoms with Crippen molar-refractivity contribution >= 4 is 10.0 Å². The summed E-state index contributed by atoms with van der Waals surface area (Å²) in [6.07, 6.45) is 2.18. The van der Waals surface area contributed by atoms with Crippen LogP contribution in [0.3, 0.4) is 0 Å². The first-order valence-corrected chi connectivity index (χ1v) is 9.45. The molecule has 0 radical (unpaired) electrons. The van der Waals surface area contributed by atoms with Crippen molar-refractivity contribution in [2.45, 2.75) is 37.2 Å². The number of aliphatic hydroxyl groups is 1. The van der Waals surface area contributed by atoms with Gasteiger partial charge < -0.3 is 14.7 Å². The molecule has 1 aromatic carbocycles. The monoisotopic (exact) mass is 342 g/mol. The minimum absolute atomic E-state index is 0.178. The van der Waals surface area contributed by atoms with Crippen LogP contribution in [-0.4, -0.2) is 57.8 Å². The number of aliphatic hydroxyl groups excluding tert-OH is 1. The van der Waals surface area contributed by atoms with Crippen molar-refractivity contribution in [3.05, 3.63) is 23.8 Å². The van der Waals surface area contributed by atoms with Crippen LogP contribution in [0.2, 0.25) is 0 Å². The molecule has 0 bridgehead atoms. The largest absolute Gasteiger partial charge is 0.496 e. The summed E-state index contributed by atoms with van der Waals surface area (Å²) in [7, 11) is -1.92. The van der Waals surface area contributed by atoms with Gasteiger partial charge in [-0.25, -0.2) is 13.1 Å². The summed E-state index contributed by atoms with van der Waals surface area (Å²) in [5, 5.41) is 9.46. The average molecular weight is 342 g/mol. The third-order valence-corrected chi connectivity index (χ3v) is 5.64. The van der Waals surface area contributed by atoms with Crippen molar-refractivity contribution in [3.63, 3.8) is 0 Å². The first-order valence-electron chi connectivity index (χ1n) is 7.97. The van der Waals surface area contributed by atoms with E-state index in [1.165, 1.54) is 0 Å². The normalized spacial score (nSPS) is 17.3. The Morgan fingerprint density at radius 3 is 2.65 bits per heavy atom. The van der Waals surface area contributed by atoms with Crippen molar-refractivity contribution in [2.75, 3.05) is 33.3 Å². The van der Waals surface area contributed by atoms with E-state index in [-0.39, 0.29) is 11.0 Å². The second kappa shape index (κ2) is 8.10. The fourth-order valence-electron chi connectivity index (χ4n) is 2.75. The van der Waals surface area contributed by atoms with E-state index < -0.39 is 10.0 Å². The number of likely N-dealkylation sites (tertiary alicyclic amines) is 1. The lowest BCUT2D eigenvalue weighted by Crippen LogP contribution is -2.37. The molecular weight excluding hydrogens is 316 g/mol. The van der Waals surface area contributed by atoms with Gasteiger partial charge in [0.2, 0.25) is 10.0 Å². The number of aryl methyl sites for hydroxylation is 1. The minimum Gasteiger partial charge on any atom is -0.496 e. The summed E-state index contributed by atoms with van der Waals surface area (Å²) in [5.41, 5.74) is 0.794. The second-order valence-electron chi connectivity index (χ2n) is 5.96. The van der Waals surface area contributed by atoms with Gasteiger partial charge in [-0.3, -0.25) is 0 Å². The molecule has 1 aliphatic rings. The molecule has 0 saturated carbocycles. The fraction of sp³-hybridized carbons (Fsp3) is 0.625. The highest BCUT2D eigenvalue weighted by Gasteiger charge is 2.17. The minimum atomic E-state index is -3.48. The van der Waals surface area contributed by atoms with Gasteiger partial charge in [-0.2, -0.15) is 0 Å². The van der Waals surface area contributed by atoms with E-state index in [1.54, 1.807) is 25.3 Å². The quantitative estimate of drug-likeness (QED) is 0.726. The highest BCUT2D eigenvalue weighted by molar-refractivity contribution is 7.89. The van der Waals surface area contributed by atoms with Crippen LogP contribution in [0, 0.1) is 6.92 Å². The standard InChI is InChI=1S/C16H26N2O4S/c1-13-12-15(4-5-16(13)22-2)23(20,21)17-8-3-9-18-10-6-14(19)7-11-18/h4-5,12,14,17,19H,3,6-11H2,1-2H3. The lowest BCUT2D eigenvalue weighted by molar-refractivity contribution is 0.0823. The van der Waals surface area contributed by atoms with E-state index in [1.807, 2.05) is 6.92 Å². The first-order chi connectivity index (χ1) is 10.9. The zero-order valence-corrected chi connectivity index (χ0v) is 14.6. The van der Waals surface area contributed by atoms with E-state index >= 15 is 0 Å². The number of benzene rings is 1. The van der Waals surface area contributed by atoms with Crippen molar-refractivity contribution < 1.29 is 18.3 Å². The van der Waals surface area contributed by atoms with Crippen LogP contribution < -0.4 is 9.46 Å². The van der Waals surface area contributed by atoms with Crippen LogP contribution in [0.4, 0.5) is 0 Å². The topological polar surface area (TPSA) is 78.9 Å². The molecule has 2 rings (SSSR count). The Kier molecular flexibility index (Phi) is 6.41. The molecule has 23 heavy (non-hydrogen) atoms. The van der Waals surface area contributed by atoms with Crippen LogP contribution in [-0.2, 0) is 10.0 Å². The number of methoxy groups -OCH3 is 1. The van der Waals surface area contributed by atoms with E-state index in [2.05, 4.69) is 9.62 Å². The number of ether oxygens (including phenoxy) is 1. The van der Waals surface area contributed by atoms with Crippen molar-refractivity contribution in [1.82, 2.24) is 9.62 Å². The molecule has 0 spiro atoms. The molecule has 1 heterocycles. The SMILES string of the molecule is COc1ccc(S(=O)(=O)NCCCN2CCC(O)CC2)cc1C. The van der Waals surface area contributed by atoms with E-state index in [4.69, 9.17) is 4.74 Å². The number of nitrogens with one attached hydrogen (secondary N) is 1. The van der Waals surface area contributed by atoms with Gasteiger partial charge >= 0.3 is 0 Å². The van der Waals surface area contributed by atoms with Crippen LogP contribution in [0.25, 0.3) is 0 Å². The Morgan fingerprint density at radius 1 is 1.35 bits per heavy atom. The maximum Gasteiger partial charge on any atom is 0.240 e. The molecule has 1 aromatic rings. The maximum atomic E-state index is 12.3. The fourth-order valence-corrected chi connectivity index (χ4v) is 3.91. The second-order valence-corrected chi connectivity index (χ2v) is 7.72. The summed E-state index contributed by atoms with van der Waals surface area (Å²) in [5.74, 6) is 0.677. The highest BCUT2D eigenvalue weighted by Crippen LogP contribution is 2.21. The van der Waals surface area contributed by atoms with Gasteiger partial charge in [-0.05, 0) is 56.5 Å². The molecule has 0 unspecified atom stereocenters. The van der Waals surface area contributed by atoms with Crippen molar-refractivity contribution in [2.24, 2.45) is 0 Å². The summed E-state index contributed by atoms with van der Waals surface area (Å²) < 4.78 is 32.4. The van der Waals surface area contributed by atoms with Gasteiger partial charge in [0.05, 0.1) is 18.1 Å². The molecule has 0 atom stereocenters. The first kappa shape index (κ1) is 18.2. The molecule has 0 amide bonds. The Labute approximate surface area is 138 Å². The smallest absolute Gasteiger partial charge is 0.240 e. The average Bonchev–Trinajstić information content (AvgIpc) is 2.53. The van der Waals surface area contributed by atoms with Crippen molar-refractivity contribution in [3.8, 4) is 5.75 Å². The predicted molar refractivity (Wildman–Crippen MR) is 89.2 cm³/mol. The molecule has 2 N–H and O–H groups in total. The van der Waals surface area contributed by atoms with Gasteiger partial charge in [0.1, 0.15) is 5.75 Å². The summed E-state index contributed by atoms with van der Waals surface area (Å²) in [4.78, 5) is 2.52. The third kappa shape index (κ3) is 5.17. The predicted octanol–water partition coefficient (Wildman–Crippen LogP) is 1.13. The summed E-state index contributed by atoms with van der Waals surface area (Å²) >= 11 is 0. The van der Waals surface area contributed by atoms with Crippen LogP contribution in [0.1, 0.15) is 24.8 Å². The summed E-state index contributed by atoms with van der Waals surface area (Å²) in [6, 6.07) is 4.84. The van der Waals surface area contributed by atoms with Gasteiger partial charge in [-0.1, -0.05) is 0 Å². The molecule has 1 fully saturated rings. The van der Waals surface area contributed by atoms with Crippen LogP contribution >= 0.6 is 0 Å². The Hall–Kier alpha value is -1.15. The molecule has 1 aliphatic heterocycles. The van der Waals surface area contributed by atoms with E-state index in [0.717, 1.165) is 44.5 Å². The Bertz CT molecular complexity index is 611. The van der Waals surface area contributed by atoms with Crippen LogP contribution in [0.5, 0.6) is 5.75 Å². The van der Waals surface area contributed by atoms with Crippen LogP contribution in [0.15, 0.2) is 23.1 Å².